The Morgan fingerprint density at radius 3 is 1.68 bits per heavy atom. The van der Waals surface area contributed by atoms with Crippen LogP contribution in [-0.4, -0.2) is 36.6 Å². The zero-order chi connectivity index (χ0) is 22.5. The highest BCUT2D eigenvalue weighted by Gasteiger charge is 2.74. The van der Waals surface area contributed by atoms with E-state index in [1.807, 2.05) is 0 Å². The van der Waals surface area contributed by atoms with Gasteiger partial charge in [0, 0.05) is 5.56 Å². The molecule has 1 aromatic carbocycles. The Kier molecular flexibility index (Phi) is 5.95. The summed E-state index contributed by atoms with van der Waals surface area (Å²) in [4.78, 5) is 9.72. The average molecular weight is 438 g/mol. The van der Waals surface area contributed by atoms with E-state index >= 15 is 0 Å². The molecule has 160 valence electrons. The van der Waals surface area contributed by atoms with Crippen LogP contribution in [-0.2, 0) is 21.9 Å². The molecule has 0 amide bonds. The molecule has 1 aromatic rings. The number of rotatable bonds is 4. The first-order valence-electron chi connectivity index (χ1n) is 7.71. The van der Waals surface area contributed by atoms with Gasteiger partial charge in [0.05, 0.1) is 15.2 Å². The fourth-order valence-electron chi connectivity index (χ4n) is 2.53. The van der Waals surface area contributed by atoms with E-state index in [0.717, 1.165) is 27.7 Å². The van der Waals surface area contributed by atoms with Gasteiger partial charge >= 0.3 is 24.0 Å². The van der Waals surface area contributed by atoms with Crippen LogP contribution in [0.2, 0.25) is 0 Å². The van der Waals surface area contributed by atoms with E-state index in [-0.39, 0.29) is 6.07 Å². The lowest BCUT2D eigenvalue weighted by molar-refractivity contribution is -0.349. The molecule has 0 spiro atoms. The Hall–Kier alpha value is -1.85. The summed E-state index contributed by atoms with van der Waals surface area (Å²) in [6.45, 7) is 4.09. The Bertz CT molecular complexity index is 864. The highest BCUT2D eigenvalue weighted by molar-refractivity contribution is 7.92. The Morgan fingerprint density at radius 1 is 0.964 bits per heavy atom. The normalized spacial score (nSPS) is 14.2. The summed E-state index contributed by atoms with van der Waals surface area (Å²) in [6.07, 6.45) is -13.7. The quantitative estimate of drug-likeness (QED) is 0.685. The van der Waals surface area contributed by atoms with Crippen molar-refractivity contribution in [1.29, 1.82) is 0 Å². The van der Waals surface area contributed by atoms with Gasteiger partial charge in [0.25, 0.3) is 0 Å². The van der Waals surface area contributed by atoms with Crippen LogP contribution in [0.5, 0.6) is 0 Å². The molecule has 12 heteroatoms. The minimum absolute atomic E-state index is 0.0811. The lowest BCUT2D eigenvalue weighted by Crippen LogP contribution is -2.51. The van der Waals surface area contributed by atoms with Crippen molar-refractivity contribution in [2.75, 3.05) is 0 Å². The van der Waals surface area contributed by atoms with Gasteiger partial charge in [-0.1, -0.05) is 13.0 Å². The van der Waals surface area contributed by atoms with Crippen LogP contribution in [0.4, 0.5) is 30.7 Å². The Labute approximate surface area is 156 Å². The second kappa shape index (κ2) is 6.89. The van der Waals surface area contributed by atoms with Crippen LogP contribution in [0.15, 0.2) is 17.0 Å². The molecule has 0 aliphatic carbocycles. The van der Waals surface area contributed by atoms with Gasteiger partial charge in [0.2, 0.25) is 0 Å². The van der Waals surface area contributed by atoms with Crippen LogP contribution in [0.3, 0.4) is 0 Å². The SMILES string of the molecule is CCc1c(C(=O)O)ccc(C(F)(C(F)(F)F)C(F)(F)F)c1S(=O)(=O)C(C)(C)C. The van der Waals surface area contributed by atoms with Crippen molar-refractivity contribution in [3.63, 3.8) is 0 Å². The second-order valence-corrected chi connectivity index (χ2v) is 9.54. The summed E-state index contributed by atoms with van der Waals surface area (Å²) in [6, 6.07) is 0.256. The molecule has 0 saturated heterocycles. The molecule has 0 aliphatic rings. The van der Waals surface area contributed by atoms with E-state index in [1.165, 1.54) is 0 Å². The summed E-state index contributed by atoms with van der Waals surface area (Å²) in [7, 11) is -5.01. The lowest BCUT2D eigenvalue weighted by Gasteiger charge is -2.34. The van der Waals surface area contributed by atoms with Gasteiger partial charge in [-0.25, -0.2) is 17.6 Å². The maximum Gasteiger partial charge on any atom is 0.435 e. The van der Waals surface area contributed by atoms with Crippen LogP contribution in [0.25, 0.3) is 0 Å². The molecule has 0 radical (unpaired) electrons. The summed E-state index contributed by atoms with van der Waals surface area (Å²) in [5.74, 6) is -1.78. The molecule has 0 fully saturated rings. The Balaban J connectivity index is 4.34. The van der Waals surface area contributed by atoms with E-state index in [1.54, 1.807) is 0 Å². The fraction of sp³-hybridized carbons (Fsp3) is 0.562. The van der Waals surface area contributed by atoms with E-state index in [0.29, 0.717) is 6.07 Å². The number of sulfone groups is 1. The minimum atomic E-state index is -6.55. The van der Waals surface area contributed by atoms with Gasteiger partial charge in [-0.05, 0) is 38.8 Å². The molecule has 0 aliphatic heterocycles. The predicted molar refractivity (Wildman–Crippen MR) is 84.6 cm³/mol. The zero-order valence-corrected chi connectivity index (χ0v) is 15.9. The van der Waals surface area contributed by atoms with Gasteiger partial charge < -0.3 is 5.11 Å². The topological polar surface area (TPSA) is 71.4 Å². The first-order valence-corrected chi connectivity index (χ1v) is 9.20. The third kappa shape index (κ3) is 3.58. The summed E-state index contributed by atoms with van der Waals surface area (Å²) < 4.78 is 118. The smallest absolute Gasteiger partial charge is 0.435 e. The van der Waals surface area contributed by atoms with Crippen LogP contribution in [0, 0.1) is 0 Å². The maximum atomic E-state index is 14.7. The van der Waals surface area contributed by atoms with Crippen molar-refractivity contribution in [1.82, 2.24) is 0 Å². The van der Waals surface area contributed by atoms with Crippen molar-refractivity contribution in [2.24, 2.45) is 0 Å². The van der Waals surface area contributed by atoms with Crippen molar-refractivity contribution in [3.8, 4) is 0 Å². The van der Waals surface area contributed by atoms with Crippen molar-refractivity contribution in [2.45, 2.75) is 61.8 Å². The van der Waals surface area contributed by atoms with Crippen LogP contribution < -0.4 is 0 Å². The minimum Gasteiger partial charge on any atom is -0.478 e. The zero-order valence-electron chi connectivity index (χ0n) is 15.1. The molecule has 0 heterocycles. The molecule has 0 bridgehead atoms. The third-order valence-electron chi connectivity index (χ3n) is 4.07. The molecule has 1 N–H and O–H groups in total. The molecule has 4 nitrogen and oxygen atoms in total. The first kappa shape index (κ1) is 24.2. The molecule has 0 saturated carbocycles. The number of aromatic carboxylic acids is 1. The highest BCUT2D eigenvalue weighted by Crippen LogP contribution is 2.55. The van der Waals surface area contributed by atoms with Crippen molar-refractivity contribution in [3.05, 3.63) is 28.8 Å². The largest absolute Gasteiger partial charge is 0.478 e. The molecule has 0 aromatic heterocycles. The van der Waals surface area contributed by atoms with Crippen LogP contribution >= 0.6 is 0 Å². The van der Waals surface area contributed by atoms with Gasteiger partial charge in [0.1, 0.15) is 0 Å². The summed E-state index contributed by atoms with van der Waals surface area (Å²) in [5.41, 5.74) is -9.89. The Morgan fingerprint density at radius 2 is 1.39 bits per heavy atom. The van der Waals surface area contributed by atoms with Crippen molar-refractivity contribution < 1.29 is 49.1 Å². The number of carbonyl (C=O) groups is 1. The van der Waals surface area contributed by atoms with Crippen molar-refractivity contribution >= 4 is 15.8 Å². The molecule has 28 heavy (non-hydrogen) atoms. The van der Waals surface area contributed by atoms with E-state index in [9.17, 15) is 49.1 Å². The van der Waals surface area contributed by atoms with Gasteiger partial charge in [-0.3, -0.25) is 0 Å². The number of hydrogen-bond acceptors (Lipinski definition) is 3. The van der Waals surface area contributed by atoms with E-state index in [2.05, 4.69) is 0 Å². The number of carboxylic acids is 1. The number of benzene rings is 1. The third-order valence-corrected chi connectivity index (χ3v) is 6.69. The average Bonchev–Trinajstić information content (AvgIpc) is 2.48. The molecular formula is C16H17F7O4S. The maximum absolute atomic E-state index is 14.7. The highest BCUT2D eigenvalue weighted by atomic mass is 32.2. The number of halogens is 7. The van der Waals surface area contributed by atoms with E-state index in [4.69, 9.17) is 0 Å². The second-order valence-electron chi connectivity index (χ2n) is 6.90. The number of hydrogen-bond donors (Lipinski definition) is 1. The summed E-state index contributed by atoms with van der Waals surface area (Å²) >= 11 is 0. The molecular weight excluding hydrogens is 421 g/mol. The lowest BCUT2D eigenvalue weighted by atomic mass is 9.90. The van der Waals surface area contributed by atoms with Gasteiger partial charge in [-0.2, -0.15) is 26.3 Å². The number of carboxylic acid groups (broad SMARTS) is 1. The molecule has 0 atom stereocenters. The monoisotopic (exact) mass is 438 g/mol. The van der Waals surface area contributed by atoms with Crippen LogP contribution in [0.1, 0.15) is 49.2 Å². The standard InChI is InChI=1S/C16H17F7O4S/c1-5-8-9(12(24)25)6-7-10(11(8)28(26,27)13(2,3)4)14(17,15(18,19)20)16(21,22)23/h6-7H,5H2,1-4H3,(H,24,25). The van der Waals surface area contributed by atoms with Gasteiger partial charge in [-0.15, -0.1) is 0 Å². The fourth-order valence-corrected chi connectivity index (χ4v) is 4.22. The summed E-state index contributed by atoms with van der Waals surface area (Å²) in [5, 5.41) is 9.17. The predicted octanol–water partition coefficient (Wildman–Crippen LogP) is 4.81. The molecule has 1 rings (SSSR count). The molecule has 0 unspecified atom stereocenters. The van der Waals surface area contributed by atoms with E-state index < -0.39 is 66.6 Å². The van der Waals surface area contributed by atoms with Gasteiger partial charge in [0.15, 0.2) is 9.84 Å². The first-order chi connectivity index (χ1) is 12.2. The number of alkyl halides is 7.